The van der Waals surface area contributed by atoms with Crippen LogP contribution in [0.25, 0.3) is 5.65 Å². The van der Waals surface area contributed by atoms with E-state index < -0.39 is 0 Å². The first-order valence-corrected chi connectivity index (χ1v) is 11.7. The highest BCUT2D eigenvalue weighted by molar-refractivity contribution is 6.30. The highest BCUT2D eigenvalue weighted by Gasteiger charge is 2.30. The lowest BCUT2D eigenvalue weighted by Gasteiger charge is -2.34. The minimum absolute atomic E-state index is 0.104. The summed E-state index contributed by atoms with van der Waals surface area (Å²) in [6, 6.07) is 12.0. The van der Waals surface area contributed by atoms with Crippen molar-refractivity contribution in [3.05, 3.63) is 53.3 Å². The van der Waals surface area contributed by atoms with E-state index in [9.17, 15) is 4.79 Å². The van der Waals surface area contributed by atoms with Gasteiger partial charge in [0, 0.05) is 56.8 Å². The summed E-state index contributed by atoms with van der Waals surface area (Å²) >= 11 is 6.00. The third-order valence-corrected chi connectivity index (χ3v) is 6.79. The van der Waals surface area contributed by atoms with Crippen LogP contribution < -0.4 is 4.90 Å². The molecule has 0 unspecified atom stereocenters. The molecule has 2 aromatic heterocycles. The molecule has 0 atom stereocenters. The van der Waals surface area contributed by atoms with Gasteiger partial charge in [-0.1, -0.05) is 23.7 Å². The Morgan fingerprint density at radius 3 is 2.59 bits per heavy atom. The molecular weight excluding hydrogens is 426 g/mol. The van der Waals surface area contributed by atoms with Crippen LogP contribution in [0, 0.1) is 5.92 Å². The molecule has 0 spiro atoms. The van der Waals surface area contributed by atoms with Gasteiger partial charge in [0.15, 0.2) is 5.65 Å². The van der Waals surface area contributed by atoms with Crippen molar-refractivity contribution < 1.29 is 4.79 Å². The van der Waals surface area contributed by atoms with Gasteiger partial charge in [-0.25, -0.2) is 0 Å². The van der Waals surface area contributed by atoms with E-state index in [1.165, 1.54) is 5.56 Å². The van der Waals surface area contributed by atoms with E-state index in [0.717, 1.165) is 81.6 Å². The number of hydrogen-bond acceptors (Lipinski definition) is 6. The number of aromatic nitrogens is 4. The number of amides is 1. The molecule has 1 amide bonds. The summed E-state index contributed by atoms with van der Waals surface area (Å²) in [6.07, 6.45) is 4.36. The SMILES string of the molecule is O=C(C1CCN(c2ccc3nncn3n2)CC1)N1CCCN(Cc2ccc(Cl)cc2)CC1. The maximum Gasteiger partial charge on any atom is 0.225 e. The Morgan fingerprint density at radius 2 is 1.78 bits per heavy atom. The Labute approximate surface area is 192 Å². The molecule has 0 radical (unpaired) electrons. The molecular formula is C23H28ClN7O. The number of nitrogens with zero attached hydrogens (tertiary/aromatic N) is 7. The van der Waals surface area contributed by atoms with E-state index in [4.69, 9.17) is 11.6 Å². The number of carbonyl (C=O) groups excluding carboxylic acids is 1. The number of anilines is 1. The van der Waals surface area contributed by atoms with Crippen LogP contribution in [0.4, 0.5) is 5.82 Å². The zero-order chi connectivity index (χ0) is 21.9. The first kappa shape index (κ1) is 21.2. The zero-order valence-corrected chi connectivity index (χ0v) is 18.9. The Kier molecular flexibility index (Phi) is 6.23. The van der Waals surface area contributed by atoms with Gasteiger partial charge < -0.3 is 9.80 Å². The highest BCUT2D eigenvalue weighted by atomic mass is 35.5. The lowest BCUT2D eigenvalue weighted by molar-refractivity contribution is -0.136. The Balaban J connectivity index is 1.13. The normalized spacial score (nSPS) is 18.8. The summed E-state index contributed by atoms with van der Waals surface area (Å²) in [6.45, 7) is 6.17. The topological polar surface area (TPSA) is 69.9 Å². The van der Waals surface area contributed by atoms with E-state index in [-0.39, 0.29) is 5.92 Å². The molecule has 32 heavy (non-hydrogen) atoms. The molecule has 5 rings (SSSR count). The van der Waals surface area contributed by atoms with Gasteiger partial charge in [0.05, 0.1) is 0 Å². The van der Waals surface area contributed by atoms with Crippen LogP contribution >= 0.6 is 11.6 Å². The van der Waals surface area contributed by atoms with Gasteiger partial charge in [-0.3, -0.25) is 9.69 Å². The molecule has 0 bridgehead atoms. The van der Waals surface area contributed by atoms with Crippen molar-refractivity contribution in [2.75, 3.05) is 44.2 Å². The molecule has 8 nitrogen and oxygen atoms in total. The number of hydrogen-bond donors (Lipinski definition) is 0. The fraction of sp³-hybridized carbons (Fsp3) is 0.478. The van der Waals surface area contributed by atoms with E-state index in [1.807, 2.05) is 24.3 Å². The number of fused-ring (bicyclic) bond motifs is 1. The maximum atomic E-state index is 13.2. The van der Waals surface area contributed by atoms with Crippen LogP contribution in [-0.2, 0) is 11.3 Å². The maximum absolute atomic E-state index is 13.2. The largest absolute Gasteiger partial charge is 0.355 e. The summed E-state index contributed by atoms with van der Waals surface area (Å²) < 4.78 is 1.69. The van der Waals surface area contributed by atoms with Gasteiger partial charge in [-0.2, -0.15) is 4.52 Å². The minimum atomic E-state index is 0.104. The van der Waals surface area contributed by atoms with Gasteiger partial charge in [-0.05, 0) is 49.1 Å². The van der Waals surface area contributed by atoms with Crippen molar-refractivity contribution in [2.45, 2.75) is 25.8 Å². The predicted octanol–water partition coefficient (Wildman–Crippen LogP) is 2.73. The Bertz CT molecular complexity index is 1060. The first-order chi connectivity index (χ1) is 15.7. The number of rotatable bonds is 4. The lowest BCUT2D eigenvalue weighted by atomic mass is 9.95. The quantitative estimate of drug-likeness (QED) is 0.605. The molecule has 4 heterocycles. The van der Waals surface area contributed by atoms with Gasteiger partial charge in [0.2, 0.25) is 5.91 Å². The third kappa shape index (κ3) is 4.71. The van der Waals surface area contributed by atoms with E-state index in [2.05, 4.69) is 42.1 Å². The second kappa shape index (κ2) is 9.42. The molecule has 0 saturated carbocycles. The molecule has 3 aromatic rings. The van der Waals surface area contributed by atoms with Crippen LogP contribution in [0.15, 0.2) is 42.7 Å². The van der Waals surface area contributed by atoms with Crippen molar-refractivity contribution in [3.63, 3.8) is 0 Å². The average Bonchev–Trinajstić information content (AvgIpc) is 3.18. The van der Waals surface area contributed by atoms with Crippen LogP contribution in [-0.4, -0.2) is 74.8 Å². The minimum Gasteiger partial charge on any atom is -0.355 e. The molecule has 9 heteroatoms. The summed E-state index contributed by atoms with van der Waals surface area (Å²) in [5.74, 6) is 1.34. The molecule has 0 aliphatic carbocycles. The number of piperidine rings is 1. The van der Waals surface area contributed by atoms with Crippen molar-refractivity contribution in [1.82, 2.24) is 29.6 Å². The third-order valence-electron chi connectivity index (χ3n) is 6.54. The van der Waals surface area contributed by atoms with E-state index in [0.29, 0.717) is 5.91 Å². The molecule has 2 saturated heterocycles. The van der Waals surface area contributed by atoms with Gasteiger partial charge in [0.1, 0.15) is 12.1 Å². The second-order valence-electron chi connectivity index (χ2n) is 8.67. The summed E-state index contributed by atoms with van der Waals surface area (Å²) in [7, 11) is 0. The second-order valence-corrected chi connectivity index (χ2v) is 9.10. The summed E-state index contributed by atoms with van der Waals surface area (Å²) in [5.41, 5.74) is 2.00. The predicted molar refractivity (Wildman–Crippen MR) is 124 cm³/mol. The molecule has 1 aromatic carbocycles. The average molecular weight is 454 g/mol. The van der Waals surface area contributed by atoms with Gasteiger partial charge >= 0.3 is 0 Å². The lowest BCUT2D eigenvalue weighted by Crippen LogP contribution is -2.44. The van der Waals surface area contributed by atoms with Crippen LogP contribution in [0.3, 0.4) is 0 Å². The van der Waals surface area contributed by atoms with E-state index in [1.54, 1.807) is 10.8 Å². The molecule has 0 N–H and O–H groups in total. The number of benzene rings is 1. The van der Waals surface area contributed by atoms with Gasteiger partial charge in [0.25, 0.3) is 0 Å². The number of halogens is 1. The number of carbonyl (C=O) groups is 1. The molecule has 2 aliphatic heterocycles. The van der Waals surface area contributed by atoms with Crippen LogP contribution in [0.1, 0.15) is 24.8 Å². The van der Waals surface area contributed by atoms with Crippen molar-refractivity contribution in [2.24, 2.45) is 5.92 Å². The highest BCUT2D eigenvalue weighted by Crippen LogP contribution is 2.24. The van der Waals surface area contributed by atoms with E-state index >= 15 is 0 Å². The smallest absolute Gasteiger partial charge is 0.225 e. The standard InChI is InChI=1S/C23H28ClN7O/c24-20-4-2-18(3-5-20)16-28-10-1-11-30(15-14-28)23(32)19-8-12-29(13-9-19)22-7-6-21-26-25-17-31(21)27-22/h2-7,17,19H,1,8-16H2. The molecule has 2 fully saturated rings. The molecule has 168 valence electrons. The first-order valence-electron chi connectivity index (χ1n) is 11.3. The fourth-order valence-corrected chi connectivity index (χ4v) is 4.82. The van der Waals surface area contributed by atoms with Gasteiger partial charge in [-0.15, -0.1) is 15.3 Å². The fourth-order valence-electron chi connectivity index (χ4n) is 4.70. The summed E-state index contributed by atoms with van der Waals surface area (Å²) in [5, 5.41) is 13.2. The summed E-state index contributed by atoms with van der Waals surface area (Å²) in [4.78, 5) is 20.0. The van der Waals surface area contributed by atoms with Crippen LogP contribution in [0.5, 0.6) is 0 Å². The Hall–Kier alpha value is -2.71. The van der Waals surface area contributed by atoms with Crippen LogP contribution in [0.2, 0.25) is 5.02 Å². The van der Waals surface area contributed by atoms with Crippen molar-refractivity contribution in [1.29, 1.82) is 0 Å². The van der Waals surface area contributed by atoms with Crippen molar-refractivity contribution in [3.8, 4) is 0 Å². The zero-order valence-electron chi connectivity index (χ0n) is 18.1. The Morgan fingerprint density at radius 1 is 0.969 bits per heavy atom. The molecule has 2 aliphatic rings. The monoisotopic (exact) mass is 453 g/mol. The van der Waals surface area contributed by atoms with Crippen molar-refractivity contribution >= 4 is 29.0 Å².